The Bertz CT molecular complexity index is 1180. The highest BCUT2D eigenvalue weighted by molar-refractivity contribution is 8.00. The zero-order valence-corrected chi connectivity index (χ0v) is 17.3. The third-order valence-corrected chi connectivity index (χ3v) is 6.20. The minimum absolute atomic E-state index is 0.561. The fraction of sp³-hybridized carbons (Fsp3) is 0.286. The van der Waals surface area contributed by atoms with Gasteiger partial charge in [-0.3, -0.25) is 4.68 Å². The number of nitrogens with zero attached hydrogens (tertiary/aromatic N) is 5. The maximum atomic E-state index is 11.0. The van der Waals surface area contributed by atoms with E-state index in [0.717, 1.165) is 27.0 Å². The van der Waals surface area contributed by atoms with Gasteiger partial charge in [-0.2, -0.15) is 10.2 Å². The molecule has 0 atom stereocenters. The van der Waals surface area contributed by atoms with Gasteiger partial charge in [0.05, 0.1) is 34.1 Å². The summed E-state index contributed by atoms with van der Waals surface area (Å²) in [6, 6.07) is 9.84. The molecule has 8 nitrogen and oxygen atoms in total. The number of hydrogen-bond donors (Lipinski definition) is 2. The summed E-state index contributed by atoms with van der Waals surface area (Å²) in [6.07, 6.45) is 8.45. The molecule has 3 aromatic heterocycles. The number of aliphatic hydroxyl groups is 1. The molecule has 0 spiro atoms. The lowest BCUT2D eigenvalue weighted by atomic mass is 9.87. The molecule has 0 bridgehead atoms. The Kier molecular flexibility index (Phi) is 4.93. The summed E-state index contributed by atoms with van der Waals surface area (Å²) in [6.45, 7) is 1.12. The van der Waals surface area contributed by atoms with Gasteiger partial charge in [0.25, 0.3) is 0 Å². The van der Waals surface area contributed by atoms with Gasteiger partial charge >= 0.3 is 0 Å². The van der Waals surface area contributed by atoms with Crippen molar-refractivity contribution in [2.45, 2.75) is 23.3 Å². The van der Waals surface area contributed by atoms with Crippen molar-refractivity contribution in [1.29, 1.82) is 0 Å². The van der Waals surface area contributed by atoms with Gasteiger partial charge in [-0.25, -0.2) is 9.67 Å². The number of rotatable bonds is 5. The van der Waals surface area contributed by atoms with Crippen LogP contribution in [0.5, 0.6) is 0 Å². The maximum Gasteiger partial charge on any atom is 0.153 e. The van der Waals surface area contributed by atoms with Crippen molar-refractivity contribution >= 4 is 28.5 Å². The largest absolute Gasteiger partial charge is 0.385 e. The van der Waals surface area contributed by atoms with Crippen LogP contribution in [-0.4, -0.2) is 42.9 Å². The number of benzene rings is 1. The van der Waals surface area contributed by atoms with Crippen LogP contribution >= 0.6 is 11.9 Å². The standard InChI is InChI=1S/C21H22N6O2S/c1-26-20-15(12-23-26)3-2-4-18(20)25-30-17-13-24-27(14-17)19-11-16(5-8-22-19)21(28)6-9-29-10-7-21/h2-5,8,11-14,25,28H,6-7,9-10H2,1H3. The van der Waals surface area contributed by atoms with Crippen LogP contribution in [0.3, 0.4) is 0 Å². The second-order valence-corrected chi connectivity index (χ2v) is 8.26. The van der Waals surface area contributed by atoms with Gasteiger partial charge in [0, 0.05) is 50.9 Å². The molecule has 0 aliphatic carbocycles. The summed E-state index contributed by atoms with van der Waals surface area (Å²) in [5, 5.41) is 20.8. The zero-order chi connectivity index (χ0) is 20.6. The summed E-state index contributed by atoms with van der Waals surface area (Å²) < 4.78 is 12.4. The highest BCUT2D eigenvalue weighted by Crippen LogP contribution is 2.32. The predicted octanol–water partition coefficient (Wildman–Crippen LogP) is 3.27. The van der Waals surface area contributed by atoms with Gasteiger partial charge in [-0.1, -0.05) is 12.1 Å². The van der Waals surface area contributed by atoms with Gasteiger partial charge in [-0.05, 0) is 35.7 Å². The highest BCUT2D eigenvalue weighted by atomic mass is 32.2. The summed E-state index contributed by atoms with van der Waals surface area (Å²) >= 11 is 1.48. The number of aromatic nitrogens is 5. The number of anilines is 1. The molecule has 1 saturated heterocycles. The van der Waals surface area contributed by atoms with Crippen LogP contribution in [0.15, 0.2) is 60.0 Å². The van der Waals surface area contributed by atoms with Crippen LogP contribution in [0.2, 0.25) is 0 Å². The molecule has 2 N–H and O–H groups in total. The van der Waals surface area contributed by atoms with Crippen molar-refractivity contribution in [3.05, 3.63) is 60.7 Å². The Hall–Kier alpha value is -2.88. The van der Waals surface area contributed by atoms with Gasteiger partial charge < -0.3 is 14.6 Å². The molecule has 30 heavy (non-hydrogen) atoms. The molecule has 1 aliphatic rings. The van der Waals surface area contributed by atoms with E-state index in [9.17, 15) is 5.11 Å². The van der Waals surface area contributed by atoms with E-state index in [4.69, 9.17) is 4.74 Å². The Balaban J connectivity index is 1.34. The molecule has 9 heteroatoms. The van der Waals surface area contributed by atoms with Crippen LogP contribution in [0.25, 0.3) is 16.7 Å². The normalized spacial score (nSPS) is 16.1. The smallest absolute Gasteiger partial charge is 0.153 e. The van der Waals surface area contributed by atoms with Crippen LogP contribution in [0.4, 0.5) is 5.69 Å². The van der Waals surface area contributed by atoms with E-state index >= 15 is 0 Å². The van der Waals surface area contributed by atoms with Gasteiger partial charge in [0.2, 0.25) is 0 Å². The summed E-state index contributed by atoms with van der Waals surface area (Å²) in [5.74, 6) is 0.674. The van der Waals surface area contributed by atoms with Crippen LogP contribution in [0.1, 0.15) is 18.4 Å². The lowest BCUT2D eigenvalue weighted by molar-refractivity contribution is -0.0679. The second-order valence-electron chi connectivity index (χ2n) is 7.38. The molecule has 4 aromatic rings. The summed E-state index contributed by atoms with van der Waals surface area (Å²) in [7, 11) is 1.93. The van der Waals surface area contributed by atoms with Crippen molar-refractivity contribution in [2.24, 2.45) is 7.05 Å². The van der Waals surface area contributed by atoms with Gasteiger partial charge in [-0.15, -0.1) is 0 Å². The fourth-order valence-corrected chi connectivity index (χ4v) is 4.39. The van der Waals surface area contributed by atoms with Crippen LogP contribution in [-0.2, 0) is 17.4 Å². The molecule has 0 amide bonds. The van der Waals surface area contributed by atoms with Gasteiger partial charge in [0.15, 0.2) is 5.82 Å². The van der Waals surface area contributed by atoms with Crippen molar-refractivity contribution < 1.29 is 9.84 Å². The van der Waals surface area contributed by atoms with E-state index in [1.54, 1.807) is 17.1 Å². The van der Waals surface area contributed by atoms with Crippen LogP contribution in [0, 0.1) is 0 Å². The average Bonchev–Trinajstić information content (AvgIpc) is 3.40. The molecule has 1 aromatic carbocycles. The first-order chi connectivity index (χ1) is 14.6. The molecule has 0 saturated carbocycles. The molecule has 4 heterocycles. The molecule has 1 aliphatic heterocycles. The lowest BCUT2D eigenvalue weighted by Crippen LogP contribution is -2.33. The Morgan fingerprint density at radius 3 is 2.90 bits per heavy atom. The van der Waals surface area contributed by atoms with E-state index in [-0.39, 0.29) is 0 Å². The monoisotopic (exact) mass is 422 g/mol. The van der Waals surface area contributed by atoms with Crippen molar-refractivity contribution in [2.75, 3.05) is 17.9 Å². The molecule has 5 rings (SSSR count). The van der Waals surface area contributed by atoms with Crippen molar-refractivity contribution in [3.63, 3.8) is 0 Å². The number of para-hydroxylation sites is 1. The third-order valence-electron chi connectivity index (χ3n) is 5.44. The number of fused-ring (bicyclic) bond motifs is 1. The quantitative estimate of drug-likeness (QED) is 0.477. The molecule has 1 fully saturated rings. The molecule has 0 unspecified atom stereocenters. The summed E-state index contributed by atoms with van der Waals surface area (Å²) in [5.41, 5.74) is 2.02. The lowest BCUT2D eigenvalue weighted by Gasteiger charge is -2.32. The van der Waals surface area contributed by atoms with Gasteiger partial charge in [0.1, 0.15) is 0 Å². The summed E-state index contributed by atoms with van der Waals surface area (Å²) in [4.78, 5) is 5.38. The number of nitrogens with one attached hydrogen (secondary N) is 1. The predicted molar refractivity (Wildman–Crippen MR) is 116 cm³/mol. The van der Waals surface area contributed by atoms with E-state index in [2.05, 4.69) is 19.9 Å². The van der Waals surface area contributed by atoms with Crippen molar-refractivity contribution in [3.8, 4) is 5.82 Å². The maximum absolute atomic E-state index is 11.0. The van der Waals surface area contributed by atoms with Crippen molar-refractivity contribution in [1.82, 2.24) is 24.5 Å². The third kappa shape index (κ3) is 3.55. The molecular formula is C21H22N6O2S. The fourth-order valence-electron chi connectivity index (χ4n) is 3.74. The van der Waals surface area contributed by atoms with E-state index in [0.29, 0.717) is 31.9 Å². The Morgan fingerprint density at radius 1 is 1.17 bits per heavy atom. The second kappa shape index (κ2) is 7.75. The number of hydrogen-bond acceptors (Lipinski definition) is 7. The zero-order valence-electron chi connectivity index (χ0n) is 16.5. The Morgan fingerprint density at radius 2 is 2.03 bits per heavy atom. The average molecular weight is 423 g/mol. The molecular weight excluding hydrogens is 400 g/mol. The topological polar surface area (TPSA) is 90.0 Å². The van der Waals surface area contributed by atoms with E-state index < -0.39 is 5.60 Å². The Labute approximate surface area is 178 Å². The minimum atomic E-state index is -0.871. The van der Waals surface area contributed by atoms with E-state index in [1.807, 2.05) is 54.5 Å². The molecule has 0 radical (unpaired) electrons. The first kappa shape index (κ1) is 19.1. The van der Waals surface area contributed by atoms with E-state index in [1.165, 1.54) is 11.9 Å². The van der Waals surface area contributed by atoms with Crippen LogP contribution < -0.4 is 4.72 Å². The number of ether oxygens (including phenoxy) is 1. The first-order valence-electron chi connectivity index (χ1n) is 9.78. The molecule has 154 valence electrons. The minimum Gasteiger partial charge on any atom is -0.385 e. The highest BCUT2D eigenvalue weighted by Gasteiger charge is 2.32. The number of pyridine rings is 1. The first-order valence-corrected chi connectivity index (χ1v) is 10.6. The SMILES string of the molecule is Cn1ncc2cccc(NSc3cnn(-c4cc(C5(O)CCOCC5)ccn4)c3)c21. The number of aryl methyl sites for hydroxylation is 1.